The highest BCUT2D eigenvalue weighted by atomic mass is 19.1. The molecule has 6 aliphatic rings. The summed E-state index contributed by atoms with van der Waals surface area (Å²) in [4.78, 5) is 55.0. The van der Waals surface area contributed by atoms with Gasteiger partial charge in [-0.1, -0.05) is 7.43 Å². The van der Waals surface area contributed by atoms with E-state index in [2.05, 4.69) is 19.8 Å². The van der Waals surface area contributed by atoms with Crippen LogP contribution >= 0.6 is 0 Å². The smallest absolute Gasteiger partial charge is 0.291 e. The minimum atomic E-state index is -0.500. The molecule has 63 heavy (non-hydrogen) atoms. The number of pyridine rings is 2. The van der Waals surface area contributed by atoms with Crippen LogP contribution in [-0.4, -0.2) is 123 Å². The number of anilines is 1. The second kappa shape index (κ2) is 20.0. The molecule has 2 aliphatic carbocycles. The third-order valence-electron chi connectivity index (χ3n) is 14.0. The average molecular weight is 867 g/mol. The summed E-state index contributed by atoms with van der Waals surface area (Å²) >= 11 is 0. The summed E-state index contributed by atoms with van der Waals surface area (Å²) in [5.74, 6) is 1.69. The Kier molecular flexibility index (Phi) is 14.5. The molecule has 4 saturated heterocycles. The predicted molar refractivity (Wildman–Crippen MR) is 238 cm³/mol. The molecule has 336 valence electrons. The van der Waals surface area contributed by atoms with Crippen LogP contribution < -0.4 is 5.73 Å². The second-order valence-electron chi connectivity index (χ2n) is 17.7. The molecule has 2 aromatic carbocycles. The number of aromatic nitrogens is 2. The summed E-state index contributed by atoms with van der Waals surface area (Å²) in [7, 11) is 1.00. The van der Waals surface area contributed by atoms with E-state index in [-0.39, 0.29) is 55.1 Å². The van der Waals surface area contributed by atoms with Crippen LogP contribution in [0.2, 0.25) is 0 Å². The fourth-order valence-electron chi connectivity index (χ4n) is 10.5. The molecule has 15 heteroatoms. The van der Waals surface area contributed by atoms with Gasteiger partial charge in [-0.25, -0.2) is 13.8 Å². The van der Waals surface area contributed by atoms with E-state index < -0.39 is 4.92 Å². The molecule has 4 aliphatic heterocycles. The van der Waals surface area contributed by atoms with Crippen molar-refractivity contribution in [1.29, 1.82) is 0 Å². The number of amides is 2. The highest BCUT2D eigenvalue weighted by Crippen LogP contribution is 2.43. The van der Waals surface area contributed by atoms with Gasteiger partial charge in [-0.05, 0) is 155 Å². The van der Waals surface area contributed by atoms with Crippen LogP contribution in [0.4, 0.5) is 20.2 Å². The number of carbonyl (C=O) groups is 2. The SMILES string of the molecule is C.CO.Nc1ccc(-c2ccc(F)cc2)nc1CC(=O)N1CC2CC(N3CCC3)CC2C1.O=C(Cc1nc(-c2ccc(F)cc2)ccc1[N+](=O)[O-])N1CC2CC(N3CCC3)CC2C1. The summed E-state index contributed by atoms with van der Waals surface area (Å²) in [6.45, 7) is 8.11. The van der Waals surface area contributed by atoms with E-state index in [1.807, 2.05) is 15.9 Å². The van der Waals surface area contributed by atoms with Crippen molar-refractivity contribution in [3.05, 3.63) is 106 Å². The van der Waals surface area contributed by atoms with Gasteiger partial charge in [-0.15, -0.1) is 0 Å². The Balaban J connectivity index is 0.000000179. The van der Waals surface area contributed by atoms with Crippen LogP contribution in [0.5, 0.6) is 0 Å². The van der Waals surface area contributed by atoms with Crippen molar-refractivity contribution in [3.8, 4) is 22.5 Å². The molecular weight excluding hydrogens is 807 g/mol. The molecular formula is C48H60F2N8O5. The van der Waals surface area contributed by atoms with Gasteiger partial charge in [0.1, 0.15) is 17.3 Å². The maximum absolute atomic E-state index is 13.2. The normalized spacial score (nSPS) is 24.7. The van der Waals surface area contributed by atoms with E-state index in [1.165, 1.54) is 88.3 Å². The molecule has 2 saturated carbocycles. The standard InChI is InChI=1S/C23H25FN4O3.C23H27FN4O.CH4O.CH4/c24-18-4-2-15(3-5-18)20-6-7-22(28(30)31)21(25-20)12-23(29)27-13-16-10-19(11-17(16)14-27)26-8-1-9-26;24-18-4-2-15(3-5-18)21-7-6-20(25)22(26-21)12-23(29)28-13-16-10-19(11-17(16)14-28)27-8-1-9-27;1-2;/h2-7,16-17,19H,1,8-14H2;2-7,16-17,19H,1,8-14,25H2;2H,1H3;1H4. The first-order valence-corrected chi connectivity index (χ1v) is 21.9. The van der Waals surface area contributed by atoms with Gasteiger partial charge in [0.25, 0.3) is 5.69 Å². The van der Waals surface area contributed by atoms with Gasteiger partial charge < -0.3 is 30.4 Å². The van der Waals surface area contributed by atoms with E-state index >= 15 is 0 Å². The number of benzene rings is 2. The molecule has 0 bridgehead atoms. The number of aliphatic hydroxyl groups is 1. The van der Waals surface area contributed by atoms with Crippen LogP contribution in [0.1, 0.15) is 57.3 Å². The Bertz CT molecular complexity index is 2210. The Labute approximate surface area is 368 Å². The number of halogens is 2. The third kappa shape index (κ3) is 10.2. The topological polar surface area (TPSA) is 162 Å². The fraction of sp³-hybridized carbons (Fsp3) is 0.500. The van der Waals surface area contributed by atoms with E-state index in [9.17, 15) is 28.5 Å². The summed E-state index contributed by atoms with van der Waals surface area (Å²) in [5, 5.41) is 18.5. The number of nitrogens with two attached hydrogens (primary N) is 1. The lowest BCUT2D eigenvalue weighted by Crippen LogP contribution is -2.44. The number of nitro groups is 1. The van der Waals surface area contributed by atoms with Crippen molar-refractivity contribution in [2.45, 2.75) is 70.9 Å². The van der Waals surface area contributed by atoms with E-state index in [4.69, 9.17) is 10.8 Å². The van der Waals surface area contributed by atoms with E-state index in [0.717, 1.165) is 57.7 Å². The van der Waals surface area contributed by atoms with Crippen molar-refractivity contribution in [3.63, 3.8) is 0 Å². The Morgan fingerprint density at radius 2 is 1.03 bits per heavy atom. The monoisotopic (exact) mass is 866 g/mol. The van der Waals surface area contributed by atoms with E-state index in [0.29, 0.717) is 58.0 Å². The maximum Gasteiger partial charge on any atom is 0.291 e. The zero-order valence-corrected chi connectivity index (χ0v) is 35.2. The highest BCUT2D eigenvalue weighted by Gasteiger charge is 2.46. The number of carbonyl (C=O) groups excluding carboxylic acids is 2. The molecule has 2 amide bonds. The van der Waals surface area contributed by atoms with E-state index in [1.54, 1.807) is 30.3 Å². The van der Waals surface area contributed by atoms with Gasteiger partial charge in [0.05, 0.1) is 40.5 Å². The Morgan fingerprint density at radius 1 is 0.651 bits per heavy atom. The number of rotatable bonds is 9. The summed E-state index contributed by atoms with van der Waals surface area (Å²) in [6.07, 6.45) is 7.50. The lowest BCUT2D eigenvalue weighted by Gasteiger charge is -2.37. The molecule has 4 aromatic rings. The Morgan fingerprint density at radius 3 is 1.41 bits per heavy atom. The molecule has 2 aromatic heterocycles. The van der Waals surface area contributed by atoms with Crippen molar-refractivity contribution in [2.24, 2.45) is 23.7 Å². The molecule has 6 heterocycles. The minimum Gasteiger partial charge on any atom is -0.400 e. The number of nitrogens with zero attached hydrogens (tertiary/aromatic N) is 7. The molecule has 6 fully saturated rings. The van der Waals surface area contributed by atoms with Gasteiger partial charge in [0.2, 0.25) is 11.8 Å². The van der Waals surface area contributed by atoms with Crippen LogP contribution in [0.15, 0.2) is 72.8 Å². The quantitative estimate of drug-likeness (QED) is 0.141. The fourth-order valence-corrected chi connectivity index (χ4v) is 10.5. The van der Waals surface area contributed by atoms with Gasteiger partial charge in [-0.2, -0.15) is 0 Å². The minimum absolute atomic E-state index is 0. The summed E-state index contributed by atoms with van der Waals surface area (Å²) in [6, 6.07) is 19.9. The number of nitrogen functional groups attached to an aromatic ring is 1. The zero-order chi connectivity index (χ0) is 43.5. The lowest BCUT2D eigenvalue weighted by molar-refractivity contribution is -0.385. The van der Waals surface area contributed by atoms with Gasteiger partial charge in [0, 0.05) is 62.6 Å². The molecule has 13 nitrogen and oxygen atoms in total. The van der Waals surface area contributed by atoms with Crippen molar-refractivity contribution >= 4 is 23.2 Å². The van der Waals surface area contributed by atoms with Gasteiger partial charge in [0.15, 0.2) is 0 Å². The average Bonchev–Trinajstić information content (AvgIpc) is 4.00. The molecule has 10 rings (SSSR count). The number of aliphatic hydroxyl groups excluding tert-OH is 1. The van der Waals surface area contributed by atoms with Gasteiger partial charge in [-0.3, -0.25) is 24.7 Å². The molecule has 4 unspecified atom stereocenters. The van der Waals surface area contributed by atoms with Crippen LogP contribution in [-0.2, 0) is 22.4 Å². The highest BCUT2D eigenvalue weighted by molar-refractivity contribution is 5.81. The van der Waals surface area contributed by atoms with Gasteiger partial charge >= 0.3 is 0 Å². The molecule has 4 atom stereocenters. The maximum atomic E-state index is 13.2. The zero-order valence-electron chi connectivity index (χ0n) is 35.2. The number of fused-ring (bicyclic) bond motifs is 2. The van der Waals surface area contributed by atoms with Crippen LogP contribution in [0.3, 0.4) is 0 Å². The number of likely N-dealkylation sites (tertiary alicyclic amines) is 4. The number of hydrogen-bond acceptors (Lipinski definition) is 10. The first-order valence-electron chi connectivity index (χ1n) is 21.9. The summed E-state index contributed by atoms with van der Waals surface area (Å²) in [5.41, 5.74) is 9.90. The molecule has 0 spiro atoms. The Hall–Kier alpha value is -5.38. The second-order valence-corrected chi connectivity index (χ2v) is 17.7. The molecule has 0 radical (unpaired) electrons. The molecule has 3 N–H and O–H groups in total. The largest absolute Gasteiger partial charge is 0.400 e. The predicted octanol–water partition coefficient (Wildman–Crippen LogP) is 6.48. The van der Waals surface area contributed by atoms with Crippen molar-refractivity contribution in [1.82, 2.24) is 29.6 Å². The first-order chi connectivity index (χ1) is 30.0. The number of hydrogen-bond donors (Lipinski definition) is 2. The van der Waals surface area contributed by atoms with Crippen LogP contribution in [0.25, 0.3) is 22.5 Å². The first kappa shape index (κ1) is 45.6. The van der Waals surface area contributed by atoms with Crippen molar-refractivity contribution < 1.29 is 28.4 Å². The third-order valence-corrected chi connectivity index (χ3v) is 14.0. The summed E-state index contributed by atoms with van der Waals surface area (Å²) < 4.78 is 26.4. The lowest BCUT2D eigenvalue weighted by atomic mass is 10.0. The van der Waals surface area contributed by atoms with Crippen molar-refractivity contribution in [2.75, 3.05) is 65.2 Å². The van der Waals surface area contributed by atoms with Crippen LogP contribution in [0, 0.1) is 45.4 Å².